The number of hydrogen-bond acceptors (Lipinski definition) is 4. The smallest absolute Gasteiger partial charge is 0.241 e. The van der Waals surface area contributed by atoms with Crippen molar-refractivity contribution in [3.8, 4) is 6.07 Å². The van der Waals surface area contributed by atoms with Gasteiger partial charge in [-0.05, 0) is 31.6 Å². The molecule has 4 atom stereocenters. The zero-order chi connectivity index (χ0) is 13.6. The van der Waals surface area contributed by atoms with Crippen molar-refractivity contribution in [2.45, 2.75) is 56.7 Å². The topological polar surface area (TPSA) is 90.4 Å². The van der Waals surface area contributed by atoms with E-state index in [1.165, 1.54) is 0 Å². The molecule has 104 valence electrons. The number of hydrogen-bond donors (Lipinski definition) is 2. The summed E-state index contributed by atoms with van der Waals surface area (Å²) in [6.45, 7) is -0.0287. The number of amides is 1. The molecule has 3 fully saturated rings. The second-order valence-electron chi connectivity index (χ2n) is 6.39. The molecule has 0 aromatic heterocycles. The van der Waals surface area contributed by atoms with Gasteiger partial charge in [0.05, 0.1) is 18.7 Å². The summed E-state index contributed by atoms with van der Waals surface area (Å²) in [5, 5.41) is 18.8. The summed E-state index contributed by atoms with van der Waals surface area (Å²) in [5.41, 5.74) is 5.73. The Hall–Kier alpha value is -1.12. The maximum absolute atomic E-state index is 12.6. The molecule has 2 aliphatic carbocycles. The average molecular weight is 263 g/mol. The van der Waals surface area contributed by atoms with Gasteiger partial charge < -0.3 is 15.7 Å². The van der Waals surface area contributed by atoms with Gasteiger partial charge in [0.2, 0.25) is 5.91 Å². The maximum atomic E-state index is 12.6. The fourth-order valence-corrected chi connectivity index (χ4v) is 3.96. The van der Waals surface area contributed by atoms with Gasteiger partial charge in [-0.25, -0.2) is 0 Å². The van der Waals surface area contributed by atoms with Crippen molar-refractivity contribution in [1.29, 1.82) is 5.26 Å². The largest absolute Gasteiger partial charge is 0.396 e. The van der Waals surface area contributed by atoms with Gasteiger partial charge in [-0.3, -0.25) is 4.79 Å². The van der Waals surface area contributed by atoms with Gasteiger partial charge in [0, 0.05) is 11.5 Å². The van der Waals surface area contributed by atoms with E-state index in [0.29, 0.717) is 5.92 Å². The summed E-state index contributed by atoms with van der Waals surface area (Å²) in [7, 11) is 0. The molecule has 5 nitrogen and oxygen atoms in total. The van der Waals surface area contributed by atoms with E-state index < -0.39 is 11.5 Å². The predicted octanol–water partition coefficient (Wildman–Crippen LogP) is 0.379. The highest BCUT2D eigenvalue weighted by atomic mass is 16.3. The Morgan fingerprint density at radius 3 is 2.74 bits per heavy atom. The van der Waals surface area contributed by atoms with Crippen LogP contribution in [0.1, 0.15) is 38.5 Å². The van der Waals surface area contributed by atoms with Gasteiger partial charge in [0.25, 0.3) is 0 Å². The lowest BCUT2D eigenvalue weighted by Gasteiger charge is -2.36. The van der Waals surface area contributed by atoms with Gasteiger partial charge in [0.15, 0.2) is 0 Å². The van der Waals surface area contributed by atoms with Crippen LogP contribution in [0.3, 0.4) is 0 Å². The zero-order valence-corrected chi connectivity index (χ0v) is 11.1. The van der Waals surface area contributed by atoms with Crippen molar-refractivity contribution in [2.75, 3.05) is 6.61 Å². The van der Waals surface area contributed by atoms with Crippen LogP contribution >= 0.6 is 0 Å². The third-order valence-electron chi connectivity index (χ3n) is 5.35. The van der Waals surface area contributed by atoms with Crippen molar-refractivity contribution in [1.82, 2.24) is 4.90 Å². The Balaban J connectivity index is 1.78. The molecule has 1 saturated heterocycles. The molecular formula is C14H21N3O2. The predicted molar refractivity (Wildman–Crippen MR) is 68.7 cm³/mol. The van der Waals surface area contributed by atoms with E-state index in [-0.39, 0.29) is 24.6 Å². The number of rotatable bonds is 3. The third-order valence-corrected chi connectivity index (χ3v) is 5.35. The van der Waals surface area contributed by atoms with Crippen LogP contribution in [-0.2, 0) is 4.79 Å². The number of nitriles is 1. The van der Waals surface area contributed by atoms with E-state index >= 15 is 0 Å². The quantitative estimate of drug-likeness (QED) is 0.770. The fourth-order valence-electron chi connectivity index (χ4n) is 3.96. The van der Waals surface area contributed by atoms with E-state index in [4.69, 9.17) is 11.0 Å². The van der Waals surface area contributed by atoms with E-state index in [1.807, 2.05) is 0 Å². The molecule has 0 aromatic carbocycles. The Morgan fingerprint density at radius 2 is 2.16 bits per heavy atom. The average Bonchev–Trinajstić information content (AvgIpc) is 2.91. The first-order chi connectivity index (χ1) is 9.13. The van der Waals surface area contributed by atoms with Crippen LogP contribution in [-0.4, -0.2) is 40.6 Å². The molecular weight excluding hydrogens is 242 g/mol. The van der Waals surface area contributed by atoms with Gasteiger partial charge in [-0.2, -0.15) is 5.26 Å². The van der Waals surface area contributed by atoms with E-state index in [1.54, 1.807) is 4.90 Å². The van der Waals surface area contributed by atoms with Crippen LogP contribution in [0.2, 0.25) is 0 Å². The molecule has 19 heavy (non-hydrogen) atoms. The monoisotopic (exact) mass is 263 g/mol. The molecule has 0 spiro atoms. The first-order valence-corrected chi connectivity index (χ1v) is 7.21. The number of aliphatic hydroxyl groups excluding tert-OH is 1. The van der Waals surface area contributed by atoms with Crippen LogP contribution < -0.4 is 5.73 Å². The van der Waals surface area contributed by atoms with Crippen LogP contribution in [0, 0.1) is 22.7 Å². The molecule has 3 aliphatic rings. The van der Waals surface area contributed by atoms with Crippen molar-refractivity contribution < 1.29 is 9.90 Å². The normalized spacial score (nSPS) is 36.7. The Bertz CT molecular complexity index is 425. The van der Waals surface area contributed by atoms with Crippen molar-refractivity contribution in [3.05, 3.63) is 0 Å². The highest BCUT2D eigenvalue weighted by Gasteiger charge is 2.56. The molecule has 0 aromatic rings. The molecule has 5 heteroatoms. The van der Waals surface area contributed by atoms with Gasteiger partial charge in [-0.1, -0.05) is 12.8 Å². The first kappa shape index (κ1) is 12.9. The van der Waals surface area contributed by atoms with E-state index in [2.05, 4.69) is 6.07 Å². The van der Waals surface area contributed by atoms with E-state index in [9.17, 15) is 9.90 Å². The minimum absolute atomic E-state index is 0.0287. The highest BCUT2D eigenvalue weighted by molar-refractivity contribution is 5.84. The summed E-state index contributed by atoms with van der Waals surface area (Å²) in [5.74, 6) is 0.391. The van der Waals surface area contributed by atoms with E-state index in [0.717, 1.165) is 38.5 Å². The zero-order valence-electron chi connectivity index (χ0n) is 11.1. The number of nitrogens with zero attached hydrogens (tertiary/aromatic N) is 2. The van der Waals surface area contributed by atoms with Gasteiger partial charge in [-0.15, -0.1) is 0 Å². The molecule has 3 rings (SSSR count). The number of nitrogens with two attached hydrogens (primary N) is 1. The lowest BCUT2D eigenvalue weighted by molar-refractivity contribution is -0.137. The van der Waals surface area contributed by atoms with Crippen LogP contribution in [0.4, 0.5) is 0 Å². The molecule has 2 saturated carbocycles. The van der Waals surface area contributed by atoms with Crippen LogP contribution in [0.5, 0.6) is 0 Å². The minimum atomic E-state index is -0.657. The minimum Gasteiger partial charge on any atom is -0.396 e. The Morgan fingerprint density at radius 1 is 1.47 bits per heavy atom. The standard InChI is InChI=1S/C14H21N3O2/c15-7-10-5-9-6-11(9)17(10)13(19)12(16)14(8-18)3-1-2-4-14/h9-12,18H,1-6,8,16H2/t9-,10+,11?,12?/m1/s1. The summed E-state index contributed by atoms with van der Waals surface area (Å²) in [6.07, 6.45) is 5.49. The SMILES string of the molecule is N#C[C@@H]1C[C@@H]2CC2N1C(=O)C(N)C1(CO)CCCC1. The number of likely N-dealkylation sites (tertiary alicyclic amines) is 1. The van der Waals surface area contributed by atoms with Gasteiger partial charge in [0.1, 0.15) is 6.04 Å². The first-order valence-electron chi connectivity index (χ1n) is 7.21. The number of aliphatic hydroxyl groups is 1. The maximum Gasteiger partial charge on any atom is 0.241 e. The number of carbonyl (C=O) groups is 1. The number of piperidine rings is 1. The van der Waals surface area contributed by atoms with Gasteiger partial charge >= 0.3 is 0 Å². The van der Waals surface area contributed by atoms with Crippen LogP contribution in [0.15, 0.2) is 0 Å². The molecule has 1 amide bonds. The van der Waals surface area contributed by atoms with Crippen molar-refractivity contribution >= 4 is 5.91 Å². The second kappa shape index (κ2) is 4.46. The molecule has 3 N–H and O–H groups in total. The molecule has 2 unspecified atom stereocenters. The number of carbonyl (C=O) groups excluding carboxylic acids is 1. The summed E-state index contributed by atoms with van der Waals surface area (Å²) in [6, 6.07) is 1.49. The second-order valence-corrected chi connectivity index (χ2v) is 6.39. The molecule has 0 radical (unpaired) electrons. The molecule has 0 bridgehead atoms. The summed E-state index contributed by atoms with van der Waals surface area (Å²) >= 11 is 0. The van der Waals surface area contributed by atoms with Crippen LogP contribution in [0.25, 0.3) is 0 Å². The summed E-state index contributed by atoms with van der Waals surface area (Å²) in [4.78, 5) is 14.4. The van der Waals surface area contributed by atoms with Crippen molar-refractivity contribution in [2.24, 2.45) is 17.1 Å². The lowest BCUT2D eigenvalue weighted by Crippen LogP contribution is -2.55. The number of fused-ring (bicyclic) bond motifs is 1. The Labute approximate surface area is 113 Å². The molecule has 1 heterocycles. The Kier molecular flexibility index (Phi) is 3.03. The lowest BCUT2D eigenvalue weighted by atomic mass is 9.79. The molecule has 1 aliphatic heterocycles. The summed E-state index contributed by atoms with van der Waals surface area (Å²) < 4.78 is 0. The highest BCUT2D eigenvalue weighted by Crippen LogP contribution is 2.49. The third kappa shape index (κ3) is 1.86. The van der Waals surface area contributed by atoms with Crippen molar-refractivity contribution in [3.63, 3.8) is 0 Å². The fraction of sp³-hybridized carbons (Fsp3) is 0.857.